The van der Waals surface area contributed by atoms with E-state index in [1.165, 1.54) is 33.4 Å². The van der Waals surface area contributed by atoms with Gasteiger partial charge in [0.1, 0.15) is 5.60 Å². The van der Waals surface area contributed by atoms with Gasteiger partial charge in [-0.25, -0.2) is 0 Å². The molecule has 0 saturated carbocycles. The number of rotatable bonds is 2. The molecule has 0 radical (unpaired) electrons. The maximum absolute atomic E-state index is 13.6. The van der Waals surface area contributed by atoms with Crippen LogP contribution in [-0.4, -0.2) is 34.5 Å². The summed E-state index contributed by atoms with van der Waals surface area (Å²) in [6, 6.07) is 9.29. The summed E-state index contributed by atoms with van der Waals surface area (Å²) in [6.45, 7) is 38.4. The Hall–Kier alpha value is -0.980. The molecule has 0 aliphatic carbocycles. The van der Waals surface area contributed by atoms with E-state index in [0.29, 0.717) is 0 Å². The van der Waals surface area contributed by atoms with E-state index in [0.717, 1.165) is 11.1 Å². The molecule has 0 atom stereocenters. The van der Waals surface area contributed by atoms with E-state index in [9.17, 15) is 5.11 Å². The summed E-state index contributed by atoms with van der Waals surface area (Å²) in [6.07, 6.45) is 0. The van der Waals surface area contributed by atoms with Gasteiger partial charge in [0, 0.05) is 0 Å². The zero-order valence-electron chi connectivity index (χ0n) is 30.3. The van der Waals surface area contributed by atoms with E-state index in [4.69, 9.17) is 29.4 Å². The predicted molar refractivity (Wildman–Crippen MR) is 187 cm³/mol. The van der Waals surface area contributed by atoms with Crippen molar-refractivity contribution in [3.8, 4) is 0 Å². The van der Waals surface area contributed by atoms with Gasteiger partial charge in [-0.15, -0.1) is 0 Å². The Labute approximate surface area is 270 Å². The van der Waals surface area contributed by atoms with Crippen LogP contribution < -0.4 is 0 Å². The van der Waals surface area contributed by atoms with Gasteiger partial charge in [-0.3, -0.25) is 0 Å². The van der Waals surface area contributed by atoms with Crippen molar-refractivity contribution < 1.29 is 34.5 Å². The molecule has 0 aliphatic rings. The minimum atomic E-state index is -2.62. The van der Waals surface area contributed by atoms with Gasteiger partial charge in [0.05, 0.1) is 0 Å². The summed E-state index contributed by atoms with van der Waals surface area (Å²) in [5.74, 6) is 0. The van der Waals surface area contributed by atoms with Crippen molar-refractivity contribution in [3.63, 3.8) is 0 Å². The fourth-order valence-corrected chi connectivity index (χ4v) is 5.59. The van der Waals surface area contributed by atoms with Crippen LogP contribution >= 0.6 is 17.2 Å². The molecule has 0 aliphatic heterocycles. The minimum absolute atomic E-state index is 0.130. The molecule has 2 aromatic carbocycles. The lowest BCUT2D eigenvalue weighted by atomic mass is 9.57. The number of hydrogen-bond donors (Lipinski definition) is 7. The van der Waals surface area contributed by atoms with Crippen LogP contribution in [0, 0.1) is 19.3 Å². The standard InChI is InChI=1S/C35H56O.2H3O3P/c1-22-18-24(30(3,4)5)28(25(19-22)31(6,7)8)35(36,34(15,16)17)29-26(32(9,10)11)20-23(2)21-27(29)33(12,13)14;2*1-4(2)3/h18-21,36H,1-17H3;2*1-3H. The highest BCUT2D eigenvalue weighted by Gasteiger charge is 2.51. The molecule has 2 aromatic rings. The lowest BCUT2D eigenvalue weighted by Gasteiger charge is -2.50. The smallest absolute Gasteiger partial charge is 0.324 e. The minimum Gasteiger partial charge on any atom is -0.380 e. The predicted octanol–water partition coefficient (Wildman–Crippen LogP) is 8.16. The molecule has 0 amide bonds. The first kappa shape index (κ1) is 43.0. The summed E-state index contributed by atoms with van der Waals surface area (Å²) in [5.41, 5.74) is 7.48. The van der Waals surface area contributed by atoms with Gasteiger partial charge in [0.15, 0.2) is 0 Å². The van der Waals surface area contributed by atoms with E-state index in [2.05, 4.69) is 142 Å². The lowest BCUT2D eigenvalue weighted by molar-refractivity contribution is -0.0312. The summed E-state index contributed by atoms with van der Waals surface area (Å²) in [7, 11) is -5.24. The molecule has 0 heterocycles. The monoisotopic (exact) mass is 656 g/mol. The average molecular weight is 657 g/mol. The Balaban J connectivity index is 0.00000205. The second kappa shape index (κ2) is 14.8. The SMILES string of the molecule is Cc1cc(C(C)(C)C)c(C(O)(c2c(C(C)(C)C)cc(C)cc2C(C)(C)C)C(C)(C)C)c(C(C)(C)C)c1.OP(O)O.OP(O)O. The van der Waals surface area contributed by atoms with Crippen molar-refractivity contribution in [2.75, 3.05) is 0 Å². The summed E-state index contributed by atoms with van der Waals surface area (Å²) >= 11 is 0. The summed E-state index contributed by atoms with van der Waals surface area (Å²) in [5, 5.41) is 13.6. The van der Waals surface area contributed by atoms with Crippen molar-refractivity contribution in [3.05, 3.63) is 68.8 Å². The highest BCUT2D eigenvalue weighted by atomic mass is 31.2. The van der Waals surface area contributed by atoms with E-state index >= 15 is 0 Å². The molecule has 2 rings (SSSR count). The van der Waals surface area contributed by atoms with Crippen molar-refractivity contribution in [1.82, 2.24) is 0 Å². The van der Waals surface area contributed by atoms with Crippen molar-refractivity contribution >= 4 is 17.2 Å². The third-order valence-electron chi connectivity index (χ3n) is 7.61. The molecule has 9 heteroatoms. The second-order valence-electron chi connectivity index (χ2n) is 17.0. The Morgan fingerprint density at radius 3 is 0.682 bits per heavy atom. The molecule has 0 bridgehead atoms. The Morgan fingerprint density at radius 2 is 0.568 bits per heavy atom. The van der Waals surface area contributed by atoms with Gasteiger partial charge in [-0.2, -0.15) is 0 Å². The van der Waals surface area contributed by atoms with Gasteiger partial charge >= 0.3 is 17.2 Å². The molecular formula is C35H62O7P2. The molecule has 0 fully saturated rings. The van der Waals surface area contributed by atoms with Crippen molar-refractivity contribution in [1.29, 1.82) is 0 Å². The fraction of sp³-hybridized carbons (Fsp3) is 0.657. The molecule has 0 saturated heterocycles. The molecule has 0 aromatic heterocycles. The average Bonchev–Trinajstić information content (AvgIpc) is 2.73. The normalized spacial score (nSPS) is 13.4. The van der Waals surface area contributed by atoms with Gasteiger partial charge in [-0.1, -0.05) is 139 Å². The van der Waals surface area contributed by atoms with Gasteiger partial charge < -0.3 is 34.5 Å². The summed E-state index contributed by atoms with van der Waals surface area (Å²) < 4.78 is 0. The van der Waals surface area contributed by atoms with Crippen LogP contribution in [0.4, 0.5) is 0 Å². The Bertz CT molecular complexity index is 1070. The van der Waals surface area contributed by atoms with Crippen LogP contribution in [-0.2, 0) is 27.3 Å². The first-order chi connectivity index (χ1) is 19.2. The van der Waals surface area contributed by atoms with Crippen LogP contribution in [0.2, 0.25) is 0 Å². The number of benzene rings is 2. The molecule has 254 valence electrons. The molecule has 7 nitrogen and oxygen atoms in total. The van der Waals surface area contributed by atoms with Crippen LogP contribution in [0.5, 0.6) is 0 Å². The van der Waals surface area contributed by atoms with Crippen LogP contribution in [0.1, 0.15) is 148 Å². The topological polar surface area (TPSA) is 142 Å². The summed E-state index contributed by atoms with van der Waals surface area (Å²) in [4.78, 5) is 43.4. The first-order valence-corrected chi connectivity index (χ1v) is 17.4. The van der Waals surface area contributed by atoms with Crippen molar-refractivity contribution in [2.45, 2.75) is 145 Å². The molecular weight excluding hydrogens is 594 g/mol. The number of aliphatic hydroxyl groups is 1. The van der Waals surface area contributed by atoms with Gasteiger partial charge in [-0.05, 0) is 74.3 Å². The third kappa shape index (κ3) is 11.4. The van der Waals surface area contributed by atoms with Gasteiger partial charge in [0.2, 0.25) is 0 Å². The maximum atomic E-state index is 13.6. The van der Waals surface area contributed by atoms with E-state index in [1.807, 2.05) is 0 Å². The maximum Gasteiger partial charge on any atom is 0.324 e. The lowest BCUT2D eigenvalue weighted by Crippen LogP contribution is -2.47. The fourth-order valence-electron chi connectivity index (χ4n) is 5.59. The molecule has 0 spiro atoms. The first-order valence-electron chi connectivity index (χ1n) is 15.0. The van der Waals surface area contributed by atoms with E-state index in [-0.39, 0.29) is 21.7 Å². The molecule has 44 heavy (non-hydrogen) atoms. The molecule has 7 N–H and O–H groups in total. The van der Waals surface area contributed by atoms with Crippen LogP contribution in [0.15, 0.2) is 24.3 Å². The number of hydrogen-bond acceptors (Lipinski definition) is 7. The zero-order valence-corrected chi connectivity index (χ0v) is 32.1. The Morgan fingerprint density at radius 1 is 0.409 bits per heavy atom. The van der Waals surface area contributed by atoms with Crippen LogP contribution in [0.25, 0.3) is 0 Å². The van der Waals surface area contributed by atoms with E-state index in [1.54, 1.807) is 0 Å². The highest BCUT2D eigenvalue weighted by molar-refractivity contribution is 7.38. The third-order valence-corrected chi connectivity index (χ3v) is 7.61. The molecule has 0 unspecified atom stereocenters. The van der Waals surface area contributed by atoms with Crippen molar-refractivity contribution in [2.24, 2.45) is 5.41 Å². The Kier molecular flexibility index (Phi) is 14.5. The van der Waals surface area contributed by atoms with E-state index < -0.39 is 28.2 Å². The van der Waals surface area contributed by atoms with Gasteiger partial charge in [0.25, 0.3) is 0 Å². The number of aryl methyl sites for hydroxylation is 2. The quantitative estimate of drug-likeness (QED) is 0.162. The largest absolute Gasteiger partial charge is 0.380 e. The highest BCUT2D eigenvalue weighted by Crippen LogP contribution is 2.55. The zero-order chi connectivity index (χ0) is 35.6. The van der Waals surface area contributed by atoms with Crippen LogP contribution in [0.3, 0.4) is 0 Å². The second-order valence-corrected chi connectivity index (χ2v) is 18.0.